The summed E-state index contributed by atoms with van der Waals surface area (Å²) in [6.45, 7) is 8.10. The van der Waals surface area contributed by atoms with Crippen molar-refractivity contribution in [3.05, 3.63) is 34.9 Å². The van der Waals surface area contributed by atoms with Gasteiger partial charge in [0.15, 0.2) is 0 Å². The van der Waals surface area contributed by atoms with Crippen LogP contribution in [0.4, 0.5) is 0 Å². The van der Waals surface area contributed by atoms with Crippen molar-refractivity contribution in [2.75, 3.05) is 0 Å². The summed E-state index contributed by atoms with van der Waals surface area (Å²) < 4.78 is 0. The van der Waals surface area contributed by atoms with Crippen molar-refractivity contribution in [2.24, 2.45) is 11.7 Å². The third-order valence-corrected chi connectivity index (χ3v) is 2.74. The van der Waals surface area contributed by atoms with Gasteiger partial charge in [0, 0.05) is 0 Å². The van der Waals surface area contributed by atoms with Crippen LogP contribution in [0.5, 0.6) is 0 Å². The largest absolute Gasteiger partial charge is 0.369 e. The number of rotatable bonds is 3. The number of primary amides is 1. The molecule has 2 N–H and O–H groups in total. The highest BCUT2D eigenvalue weighted by molar-refractivity contribution is 5.82. The molecule has 1 atom stereocenters. The number of hydrogen-bond acceptors (Lipinski definition) is 1. The fourth-order valence-electron chi connectivity index (χ4n) is 1.94. The Labute approximate surface area is 91.5 Å². The summed E-state index contributed by atoms with van der Waals surface area (Å²) in [4.78, 5) is 11.4. The number of carbonyl (C=O) groups excluding carboxylic acids is 1. The van der Waals surface area contributed by atoms with Crippen molar-refractivity contribution in [3.8, 4) is 0 Å². The van der Waals surface area contributed by atoms with E-state index in [4.69, 9.17) is 5.73 Å². The Morgan fingerprint density at radius 3 is 2.33 bits per heavy atom. The van der Waals surface area contributed by atoms with Crippen molar-refractivity contribution in [1.29, 1.82) is 0 Å². The van der Waals surface area contributed by atoms with Gasteiger partial charge in [-0.1, -0.05) is 37.6 Å². The molecule has 82 valence electrons. The Hall–Kier alpha value is -1.31. The van der Waals surface area contributed by atoms with E-state index in [1.165, 1.54) is 5.56 Å². The zero-order valence-corrected chi connectivity index (χ0v) is 9.87. The molecule has 2 heteroatoms. The summed E-state index contributed by atoms with van der Waals surface area (Å²) in [5.41, 5.74) is 8.82. The van der Waals surface area contributed by atoms with E-state index in [1.54, 1.807) is 0 Å². The molecule has 0 saturated heterocycles. The summed E-state index contributed by atoms with van der Waals surface area (Å²) in [7, 11) is 0. The number of carbonyl (C=O) groups is 1. The van der Waals surface area contributed by atoms with Gasteiger partial charge in [-0.25, -0.2) is 0 Å². The van der Waals surface area contributed by atoms with E-state index in [0.29, 0.717) is 0 Å². The first-order chi connectivity index (χ1) is 6.93. The number of hydrogen-bond donors (Lipinski definition) is 1. The van der Waals surface area contributed by atoms with E-state index < -0.39 is 0 Å². The molecule has 0 heterocycles. The first-order valence-electron chi connectivity index (χ1n) is 5.30. The van der Waals surface area contributed by atoms with Crippen molar-refractivity contribution >= 4 is 5.91 Å². The average Bonchev–Trinajstić information content (AvgIpc) is 2.10. The molecule has 0 bridgehead atoms. The minimum absolute atomic E-state index is 0.176. The van der Waals surface area contributed by atoms with Gasteiger partial charge in [0.1, 0.15) is 0 Å². The second kappa shape index (κ2) is 4.47. The summed E-state index contributed by atoms with van der Waals surface area (Å²) >= 11 is 0. The third-order valence-electron chi connectivity index (χ3n) is 2.74. The molecule has 1 aromatic carbocycles. The maximum atomic E-state index is 11.4. The highest BCUT2D eigenvalue weighted by Gasteiger charge is 2.23. The monoisotopic (exact) mass is 205 g/mol. The van der Waals surface area contributed by atoms with Crippen molar-refractivity contribution in [3.63, 3.8) is 0 Å². The Bertz CT molecular complexity index is 369. The Morgan fingerprint density at radius 1 is 1.27 bits per heavy atom. The molecule has 0 aliphatic rings. The number of benzene rings is 1. The highest BCUT2D eigenvalue weighted by Crippen LogP contribution is 2.27. The molecule has 0 unspecified atom stereocenters. The molecule has 2 nitrogen and oxygen atoms in total. The van der Waals surface area contributed by atoms with E-state index in [9.17, 15) is 4.79 Å². The fourth-order valence-corrected chi connectivity index (χ4v) is 1.94. The summed E-state index contributed by atoms with van der Waals surface area (Å²) in [6, 6.07) is 6.16. The predicted octanol–water partition coefficient (Wildman–Crippen LogP) is 2.53. The minimum Gasteiger partial charge on any atom is -0.369 e. The van der Waals surface area contributed by atoms with Gasteiger partial charge < -0.3 is 5.73 Å². The van der Waals surface area contributed by atoms with Crippen LogP contribution in [-0.2, 0) is 4.79 Å². The second-order valence-corrected chi connectivity index (χ2v) is 4.48. The lowest BCUT2D eigenvalue weighted by atomic mass is 9.85. The SMILES string of the molecule is Cc1ccc(C)c([C@@H](C(N)=O)C(C)C)c1. The quantitative estimate of drug-likeness (QED) is 0.809. The summed E-state index contributed by atoms with van der Waals surface area (Å²) in [6.07, 6.45) is 0. The van der Waals surface area contributed by atoms with Gasteiger partial charge in [-0.3, -0.25) is 4.79 Å². The summed E-state index contributed by atoms with van der Waals surface area (Å²) in [5.74, 6) is -0.174. The number of amides is 1. The molecule has 1 rings (SSSR count). The summed E-state index contributed by atoms with van der Waals surface area (Å²) in [5, 5.41) is 0. The highest BCUT2D eigenvalue weighted by atomic mass is 16.1. The van der Waals surface area contributed by atoms with Crippen LogP contribution >= 0.6 is 0 Å². The molecule has 0 saturated carbocycles. The van der Waals surface area contributed by atoms with Gasteiger partial charge in [-0.2, -0.15) is 0 Å². The van der Waals surface area contributed by atoms with Crippen LogP contribution in [0.3, 0.4) is 0 Å². The standard InChI is InChI=1S/C13H19NO/c1-8(2)12(13(14)15)11-7-9(3)5-6-10(11)4/h5-8,12H,1-4H3,(H2,14,15)/t12-/m0/s1. The number of nitrogens with two attached hydrogens (primary N) is 1. The average molecular weight is 205 g/mol. The van der Waals surface area contributed by atoms with Gasteiger partial charge >= 0.3 is 0 Å². The minimum atomic E-state index is -0.237. The van der Waals surface area contributed by atoms with E-state index >= 15 is 0 Å². The zero-order chi connectivity index (χ0) is 11.6. The fraction of sp³-hybridized carbons (Fsp3) is 0.462. The van der Waals surface area contributed by atoms with Crippen LogP contribution in [-0.4, -0.2) is 5.91 Å². The van der Waals surface area contributed by atoms with Gasteiger partial charge in [0.25, 0.3) is 0 Å². The lowest BCUT2D eigenvalue weighted by Crippen LogP contribution is -2.26. The lowest BCUT2D eigenvalue weighted by molar-refractivity contribution is -0.120. The zero-order valence-electron chi connectivity index (χ0n) is 9.87. The van der Waals surface area contributed by atoms with Crippen LogP contribution in [0.1, 0.15) is 36.5 Å². The van der Waals surface area contributed by atoms with Crippen molar-refractivity contribution in [2.45, 2.75) is 33.6 Å². The molecular formula is C13H19NO. The molecule has 0 fully saturated rings. The molecule has 0 spiro atoms. The Morgan fingerprint density at radius 2 is 1.87 bits per heavy atom. The van der Waals surface area contributed by atoms with Crippen molar-refractivity contribution in [1.82, 2.24) is 0 Å². The molecule has 0 aliphatic heterocycles. The van der Waals surface area contributed by atoms with E-state index in [-0.39, 0.29) is 17.7 Å². The second-order valence-electron chi connectivity index (χ2n) is 4.48. The predicted molar refractivity (Wildman–Crippen MR) is 62.7 cm³/mol. The topological polar surface area (TPSA) is 43.1 Å². The Kier molecular flexibility index (Phi) is 3.51. The lowest BCUT2D eigenvalue weighted by Gasteiger charge is -2.20. The molecule has 15 heavy (non-hydrogen) atoms. The van der Waals surface area contributed by atoms with Crippen LogP contribution in [0, 0.1) is 19.8 Å². The van der Waals surface area contributed by atoms with Gasteiger partial charge in [-0.05, 0) is 30.9 Å². The van der Waals surface area contributed by atoms with Gasteiger partial charge in [0.2, 0.25) is 5.91 Å². The maximum absolute atomic E-state index is 11.4. The van der Waals surface area contributed by atoms with E-state index in [1.807, 2.05) is 33.8 Å². The molecular weight excluding hydrogens is 186 g/mol. The first-order valence-corrected chi connectivity index (χ1v) is 5.30. The van der Waals surface area contributed by atoms with Crippen LogP contribution in [0.15, 0.2) is 18.2 Å². The van der Waals surface area contributed by atoms with E-state index in [2.05, 4.69) is 12.1 Å². The van der Waals surface area contributed by atoms with Crippen LogP contribution in [0.25, 0.3) is 0 Å². The molecule has 0 aliphatic carbocycles. The van der Waals surface area contributed by atoms with Crippen molar-refractivity contribution < 1.29 is 4.79 Å². The molecule has 1 amide bonds. The first kappa shape index (κ1) is 11.8. The molecule has 1 aromatic rings. The normalized spacial score (nSPS) is 12.9. The van der Waals surface area contributed by atoms with Crippen LogP contribution < -0.4 is 5.73 Å². The van der Waals surface area contributed by atoms with E-state index in [0.717, 1.165) is 11.1 Å². The van der Waals surface area contributed by atoms with Gasteiger partial charge in [0.05, 0.1) is 5.92 Å². The number of aryl methyl sites for hydroxylation is 2. The van der Waals surface area contributed by atoms with Crippen LogP contribution in [0.2, 0.25) is 0 Å². The third kappa shape index (κ3) is 2.58. The van der Waals surface area contributed by atoms with Gasteiger partial charge in [-0.15, -0.1) is 0 Å². The molecule has 0 radical (unpaired) electrons. The molecule has 0 aromatic heterocycles. The Balaban J connectivity index is 3.22. The smallest absolute Gasteiger partial charge is 0.225 e. The maximum Gasteiger partial charge on any atom is 0.225 e.